The van der Waals surface area contributed by atoms with Crippen molar-refractivity contribution in [1.29, 1.82) is 0 Å². The maximum absolute atomic E-state index is 12.7. The summed E-state index contributed by atoms with van der Waals surface area (Å²) in [4.78, 5) is 0. The molecule has 0 saturated carbocycles. The molecule has 0 amide bonds. The lowest BCUT2D eigenvalue weighted by atomic mass is 9.97. The highest BCUT2D eigenvalue weighted by molar-refractivity contribution is 6.32. The average molecular weight is 316 g/mol. The SMILES string of the molecule is COc1cc(C(N)c2cccc(C(F)(F)F)c2)ccc1Cl. The van der Waals surface area contributed by atoms with Crippen LogP contribution in [-0.2, 0) is 6.18 Å². The minimum atomic E-state index is -4.40. The van der Waals surface area contributed by atoms with Crippen molar-refractivity contribution in [3.63, 3.8) is 0 Å². The van der Waals surface area contributed by atoms with E-state index in [1.807, 2.05) is 0 Å². The van der Waals surface area contributed by atoms with Crippen LogP contribution in [0.4, 0.5) is 13.2 Å². The summed E-state index contributed by atoms with van der Waals surface area (Å²) in [6.07, 6.45) is -4.40. The van der Waals surface area contributed by atoms with Gasteiger partial charge in [-0.25, -0.2) is 0 Å². The van der Waals surface area contributed by atoms with E-state index in [1.54, 1.807) is 24.3 Å². The molecule has 0 aromatic heterocycles. The molecule has 21 heavy (non-hydrogen) atoms. The Kier molecular flexibility index (Phi) is 4.44. The van der Waals surface area contributed by atoms with E-state index in [0.717, 1.165) is 12.1 Å². The first-order valence-electron chi connectivity index (χ1n) is 6.09. The van der Waals surface area contributed by atoms with E-state index in [2.05, 4.69) is 0 Å². The zero-order valence-corrected chi connectivity index (χ0v) is 11.9. The molecular formula is C15H13ClF3NO. The van der Waals surface area contributed by atoms with E-state index in [0.29, 0.717) is 21.9 Å². The molecule has 2 aromatic rings. The van der Waals surface area contributed by atoms with E-state index >= 15 is 0 Å². The summed E-state index contributed by atoms with van der Waals surface area (Å²) in [6.45, 7) is 0. The van der Waals surface area contributed by atoms with E-state index < -0.39 is 17.8 Å². The lowest BCUT2D eigenvalue weighted by molar-refractivity contribution is -0.137. The van der Waals surface area contributed by atoms with Crippen molar-refractivity contribution in [2.75, 3.05) is 7.11 Å². The van der Waals surface area contributed by atoms with Crippen LogP contribution in [0.2, 0.25) is 5.02 Å². The number of alkyl halides is 3. The molecule has 0 aliphatic rings. The number of methoxy groups -OCH3 is 1. The van der Waals surface area contributed by atoms with Crippen molar-refractivity contribution in [3.05, 3.63) is 64.2 Å². The monoisotopic (exact) mass is 315 g/mol. The summed E-state index contributed by atoms with van der Waals surface area (Å²) in [7, 11) is 1.46. The highest BCUT2D eigenvalue weighted by Gasteiger charge is 2.30. The molecule has 112 valence electrons. The van der Waals surface area contributed by atoms with Crippen LogP contribution in [0.15, 0.2) is 42.5 Å². The minimum absolute atomic E-state index is 0.370. The number of halogens is 4. The van der Waals surface area contributed by atoms with Gasteiger partial charge in [-0.15, -0.1) is 0 Å². The van der Waals surface area contributed by atoms with Crippen LogP contribution >= 0.6 is 11.6 Å². The molecule has 0 aliphatic carbocycles. The van der Waals surface area contributed by atoms with Gasteiger partial charge in [-0.1, -0.05) is 29.8 Å². The molecule has 1 atom stereocenters. The maximum atomic E-state index is 12.7. The maximum Gasteiger partial charge on any atom is 0.416 e. The first-order chi connectivity index (χ1) is 9.82. The van der Waals surface area contributed by atoms with Crippen molar-refractivity contribution in [2.24, 2.45) is 5.73 Å². The lowest BCUT2D eigenvalue weighted by Crippen LogP contribution is -2.14. The van der Waals surface area contributed by atoms with Crippen molar-refractivity contribution in [1.82, 2.24) is 0 Å². The number of nitrogens with two attached hydrogens (primary N) is 1. The van der Waals surface area contributed by atoms with Gasteiger partial charge in [-0.2, -0.15) is 13.2 Å². The van der Waals surface area contributed by atoms with Crippen molar-refractivity contribution < 1.29 is 17.9 Å². The first-order valence-corrected chi connectivity index (χ1v) is 6.47. The van der Waals surface area contributed by atoms with Crippen molar-refractivity contribution in [2.45, 2.75) is 12.2 Å². The largest absolute Gasteiger partial charge is 0.495 e. The summed E-state index contributed by atoms with van der Waals surface area (Å²) in [5.41, 5.74) is 6.30. The third-order valence-electron chi connectivity index (χ3n) is 3.11. The third-order valence-corrected chi connectivity index (χ3v) is 3.42. The summed E-state index contributed by atoms with van der Waals surface area (Å²) in [5, 5.41) is 0.414. The van der Waals surface area contributed by atoms with E-state index in [9.17, 15) is 13.2 Å². The standard InChI is InChI=1S/C15H13ClF3NO/c1-21-13-8-10(5-6-12(13)16)14(20)9-3-2-4-11(7-9)15(17,18)19/h2-8,14H,20H2,1H3. The second-order valence-electron chi connectivity index (χ2n) is 4.49. The number of rotatable bonds is 3. The van der Waals surface area contributed by atoms with Gasteiger partial charge in [0.25, 0.3) is 0 Å². The molecule has 6 heteroatoms. The fraction of sp³-hybridized carbons (Fsp3) is 0.200. The number of benzene rings is 2. The number of hydrogen-bond acceptors (Lipinski definition) is 2. The molecular weight excluding hydrogens is 303 g/mol. The van der Waals surface area contributed by atoms with E-state index in [1.165, 1.54) is 13.2 Å². The van der Waals surface area contributed by atoms with Crippen LogP contribution in [0.5, 0.6) is 5.75 Å². The molecule has 0 radical (unpaired) electrons. The zero-order chi connectivity index (χ0) is 15.6. The van der Waals surface area contributed by atoms with Gasteiger partial charge < -0.3 is 10.5 Å². The fourth-order valence-electron chi connectivity index (χ4n) is 1.97. The van der Waals surface area contributed by atoms with Gasteiger partial charge in [-0.05, 0) is 35.4 Å². The summed E-state index contributed by atoms with van der Waals surface area (Å²) >= 11 is 5.92. The Bertz CT molecular complexity index is 643. The molecule has 2 rings (SSSR count). The lowest BCUT2D eigenvalue weighted by Gasteiger charge is -2.16. The summed E-state index contributed by atoms with van der Waals surface area (Å²) in [5.74, 6) is 0.427. The van der Waals surface area contributed by atoms with Crippen LogP contribution in [0.25, 0.3) is 0 Å². The predicted octanol–water partition coefficient (Wildman–Crippen LogP) is 4.42. The molecule has 0 bridgehead atoms. The van der Waals surface area contributed by atoms with E-state index in [4.69, 9.17) is 22.1 Å². The van der Waals surface area contributed by atoms with Gasteiger partial charge in [-0.3, -0.25) is 0 Å². The molecule has 0 aliphatic heterocycles. The molecule has 2 aromatic carbocycles. The van der Waals surface area contributed by atoms with Gasteiger partial charge in [0, 0.05) is 0 Å². The Morgan fingerprint density at radius 1 is 1.10 bits per heavy atom. The predicted molar refractivity (Wildman–Crippen MR) is 75.5 cm³/mol. The second-order valence-corrected chi connectivity index (χ2v) is 4.90. The molecule has 2 N–H and O–H groups in total. The Balaban J connectivity index is 2.38. The third kappa shape index (κ3) is 3.49. The normalized spacial score (nSPS) is 13.0. The van der Waals surface area contributed by atoms with Crippen LogP contribution in [0.3, 0.4) is 0 Å². The number of ether oxygens (including phenoxy) is 1. The molecule has 0 fully saturated rings. The van der Waals surface area contributed by atoms with Crippen molar-refractivity contribution in [3.8, 4) is 5.75 Å². The Hall–Kier alpha value is -1.72. The van der Waals surface area contributed by atoms with Gasteiger partial charge in [0.1, 0.15) is 5.75 Å². The molecule has 0 heterocycles. The van der Waals surface area contributed by atoms with Gasteiger partial charge >= 0.3 is 6.18 Å². The topological polar surface area (TPSA) is 35.2 Å². The molecule has 2 nitrogen and oxygen atoms in total. The Labute approximate surface area is 125 Å². The van der Waals surface area contributed by atoms with Gasteiger partial charge in [0.15, 0.2) is 0 Å². The van der Waals surface area contributed by atoms with Crippen LogP contribution in [-0.4, -0.2) is 7.11 Å². The van der Waals surface area contributed by atoms with Crippen molar-refractivity contribution >= 4 is 11.6 Å². The first kappa shape index (κ1) is 15.7. The molecule has 0 spiro atoms. The Morgan fingerprint density at radius 3 is 2.38 bits per heavy atom. The average Bonchev–Trinajstić information content (AvgIpc) is 2.46. The Morgan fingerprint density at radius 2 is 1.76 bits per heavy atom. The van der Waals surface area contributed by atoms with E-state index in [-0.39, 0.29) is 0 Å². The highest BCUT2D eigenvalue weighted by atomic mass is 35.5. The van der Waals surface area contributed by atoms with Crippen LogP contribution < -0.4 is 10.5 Å². The smallest absolute Gasteiger partial charge is 0.416 e. The molecule has 1 unspecified atom stereocenters. The zero-order valence-electron chi connectivity index (χ0n) is 11.1. The fourth-order valence-corrected chi connectivity index (χ4v) is 2.17. The van der Waals surface area contributed by atoms with Gasteiger partial charge in [0.05, 0.1) is 23.7 Å². The minimum Gasteiger partial charge on any atom is -0.495 e. The van der Waals surface area contributed by atoms with Crippen LogP contribution in [0.1, 0.15) is 22.7 Å². The molecule has 0 saturated heterocycles. The second kappa shape index (κ2) is 5.95. The summed E-state index contributed by atoms with van der Waals surface area (Å²) < 4.78 is 43.3. The van der Waals surface area contributed by atoms with Crippen LogP contribution in [0, 0.1) is 0 Å². The highest BCUT2D eigenvalue weighted by Crippen LogP contribution is 2.33. The number of hydrogen-bond donors (Lipinski definition) is 1. The van der Waals surface area contributed by atoms with Gasteiger partial charge in [0.2, 0.25) is 0 Å². The quantitative estimate of drug-likeness (QED) is 0.910. The summed E-state index contributed by atoms with van der Waals surface area (Å²) in [6, 6.07) is 9.14.